The van der Waals surface area contributed by atoms with Crippen LogP contribution in [-0.4, -0.2) is 52.4 Å². The Kier molecular flexibility index (Phi) is 7.69. The lowest BCUT2D eigenvalue weighted by atomic mass is 10.1. The number of hydrogen-bond acceptors (Lipinski definition) is 4. The van der Waals surface area contributed by atoms with Crippen LogP contribution in [0.1, 0.15) is 24.3 Å². The van der Waals surface area contributed by atoms with Gasteiger partial charge >= 0.3 is 0 Å². The molecule has 0 bridgehead atoms. The van der Waals surface area contributed by atoms with Gasteiger partial charge in [0.05, 0.1) is 14.2 Å². The molecule has 1 aliphatic heterocycles. The number of ether oxygens (including phenoxy) is 2. The van der Waals surface area contributed by atoms with Crippen molar-refractivity contribution in [3.05, 3.63) is 54.1 Å². The van der Waals surface area contributed by atoms with Gasteiger partial charge in [-0.05, 0) is 18.4 Å². The SMILES string of the molecule is CN=C(NC1CCN(c2cc(OC)cc(OC)c2)C1)NC1CC1c1ccccc1.I. The van der Waals surface area contributed by atoms with E-state index in [2.05, 4.69) is 63.0 Å². The maximum absolute atomic E-state index is 5.41. The van der Waals surface area contributed by atoms with Crippen LogP contribution >= 0.6 is 24.0 Å². The molecule has 30 heavy (non-hydrogen) atoms. The molecule has 2 aromatic carbocycles. The first-order chi connectivity index (χ1) is 14.2. The van der Waals surface area contributed by atoms with Crippen LogP contribution in [0.3, 0.4) is 0 Å². The van der Waals surface area contributed by atoms with E-state index in [0.29, 0.717) is 18.0 Å². The van der Waals surface area contributed by atoms with Gasteiger partial charge in [0.15, 0.2) is 5.96 Å². The fraction of sp³-hybridized carbons (Fsp3) is 0.435. The second kappa shape index (κ2) is 10.2. The summed E-state index contributed by atoms with van der Waals surface area (Å²) in [6, 6.07) is 17.5. The van der Waals surface area contributed by atoms with E-state index in [0.717, 1.165) is 49.1 Å². The van der Waals surface area contributed by atoms with E-state index in [1.54, 1.807) is 14.2 Å². The first kappa shape index (κ1) is 22.5. The summed E-state index contributed by atoms with van der Waals surface area (Å²) < 4.78 is 10.8. The molecule has 3 unspecified atom stereocenters. The van der Waals surface area contributed by atoms with E-state index in [1.165, 1.54) is 5.56 Å². The number of nitrogens with zero attached hydrogens (tertiary/aromatic N) is 2. The molecule has 2 aliphatic rings. The Morgan fingerprint density at radius 1 is 1.03 bits per heavy atom. The van der Waals surface area contributed by atoms with Gasteiger partial charge in [-0.1, -0.05) is 30.3 Å². The molecular formula is C23H31IN4O2. The molecule has 6 nitrogen and oxygen atoms in total. The number of guanidine groups is 1. The quantitative estimate of drug-likeness (QED) is 0.345. The van der Waals surface area contributed by atoms with Gasteiger partial charge in [-0.25, -0.2) is 0 Å². The fourth-order valence-corrected chi connectivity index (χ4v) is 4.05. The standard InChI is InChI=1S/C23H30N4O2.HI/c1-24-23(26-22-14-21(22)16-7-5-4-6-8-16)25-17-9-10-27(15-17)18-11-19(28-2)13-20(12-18)29-3;/h4-8,11-13,17,21-22H,9-10,14-15H2,1-3H3,(H2,24,25,26);1H. The van der Waals surface area contributed by atoms with Crippen molar-refractivity contribution in [1.29, 1.82) is 0 Å². The Hall–Kier alpha value is -2.16. The number of hydrogen-bond donors (Lipinski definition) is 2. The van der Waals surface area contributed by atoms with Gasteiger partial charge in [0, 0.05) is 62.0 Å². The van der Waals surface area contributed by atoms with Crippen molar-refractivity contribution in [1.82, 2.24) is 10.6 Å². The summed E-state index contributed by atoms with van der Waals surface area (Å²) in [7, 11) is 5.21. The Balaban J connectivity index is 0.00000256. The summed E-state index contributed by atoms with van der Waals surface area (Å²) >= 11 is 0. The van der Waals surface area contributed by atoms with E-state index in [9.17, 15) is 0 Å². The van der Waals surface area contributed by atoms with Crippen LogP contribution in [-0.2, 0) is 0 Å². The Bertz CT molecular complexity index is 839. The van der Waals surface area contributed by atoms with Gasteiger partial charge in [0.25, 0.3) is 0 Å². The molecule has 0 radical (unpaired) electrons. The number of nitrogens with one attached hydrogen (secondary N) is 2. The molecule has 1 aliphatic carbocycles. The summed E-state index contributed by atoms with van der Waals surface area (Å²) in [6.07, 6.45) is 2.22. The Labute approximate surface area is 196 Å². The van der Waals surface area contributed by atoms with Crippen LogP contribution in [0.5, 0.6) is 11.5 Å². The highest BCUT2D eigenvalue weighted by atomic mass is 127. The summed E-state index contributed by atoms with van der Waals surface area (Å²) in [5, 5.41) is 7.19. The number of halogens is 1. The summed E-state index contributed by atoms with van der Waals surface area (Å²) in [6.45, 7) is 1.91. The van der Waals surface area contributed by atoms with Crippen LogP contribution < -0.4 is 25.0 Å². The zero-order valence-electron chi connectivity index (χ0n) is 17.8. The van der Waals surface area contributed by atoms with Crippen molar-refractivity contribution >= 4 is 35.6 Å². The van der Waals surface area contributed by atoms with Crippen LogP contribution in [0.15, 0.2) is 53.5 Å². The monoisotopic (exact) mass is 522 g/mol. The molecule has 1 saturated carbocycles. The highest BCUT2D eigenvalue weighted by Gasteiger charge is 2.39. The predicted molar refractivity (Wildman–Crippen MR) is 133 cm³/mol. The van der Waals surface area contributed by atoms with Crippen molar-refractivity contribution in [2.24, 2.45) is 4.99 Å². The molecule has 7 heteroatoms. The summed E-state index contributed by atoms with van der Waals surface area (Å²) in [5.74, 6) is 3.10. The highest BCUT2D eigenvalue weighted by molar-refractivity contribution is 14.0. The van der Waals surface area contributed by atoms with Crippen molar-refractivity contribution < 1.29 is 9.47 Å². The molecule has 162 valence electrons. The molecule has 3 atom stereocenters. The third-order valence-corrected chi connectivity index (χ3v) is 5.79. The van der Waals surface area contributed by atoms with Crippen LogP contribution in [0.25, 0.3) is 0 Å². The van der Waals surface area contributed by atoms with Gasteiger partial charge in [0.2, 0.25) is 0 Å². The third-order valence-electron chi connectivity index (χ3n) is 5.79. The van der Waals surface area contributed by atoms with Crippen LogP contribution in [0.2, 0.25) is 0 Å². The van der Waals surface area contributed by atoms with Crippen molar-refractivity contribution in [3.63, 3.8) is 0 Å². The molecule has 0 spiro atoms. The average Bonchev–Trinajstić information content (AvgIpc) is 3.39. The van der Waals surface area contributed by atoms with Crippen molar-refractivity contribution in [2.45, 2.75) is 30.8 Å². The molecular weight excluding hydrogens is 491 g/mol. The number of benzene rings is 2. The van der Waals surface area contributed by atoms with Gasteiger partial charge in [-0.2, -0.15) is 0 Å². The molecule has 0 amide bonds. The topological polar surface area (TPSA) is 58.1 Å². The summed E-state index contributed by atoms with van der Waals surface area (Å²) in [5.41, 5.74) is 2.53. The largest absolute Gasteiger partial charge is 0.497 e. The zero-order valence-corrected chi connectivity index (χ0v) is 20.1. The zero-order chi connectivity index (χ0) is 20.2. The second-order valence-electron chi connectivity index (χ2n) is 7.72. The van der Waals surface area contributed by atoms with Crippen LogP contribution in [0, 0.1) is 0 Å². The molecule has 2 aromatic rings. The fourth-order valence-electron chi connectivity index (χ4n) is 4.05. The summed E-state index contributed by atoms with van der Waals surface area (Å²) in [4.78, 5) is 6.81. The molecule has 2 N–H and O–H groups in total. The van der Waals surface area contributed by atoms with E-state index in [4.69, 9.17) is 9.47 Å². The van der Waals surface area contributed by atoms with Crippen molar-refractivity contribution in [2.75, 3.05) is 39.3 Å². The number of methoxy groups -OCH3 is 2. The Morgan fingerprint density at radius 2 is 1.73 bits per heavy atom. The van der Waals surface area contributed by atoms with E-state index >= 15 is 0 Å². The highest BCUT2D eigenvalue weighted by Crippen LogP contribution is 2.40. The molecule has 0 aromatic heterocycles. The minimum Gasteiger partial charge on any atom is -0.497 e. The lowest BCUT2D eigenvalue weighted by molar-refractivity contribution is 0.394. The first-order valence-corrected chi connectivity index (χ1v) is 10.2. The smallest absolute Gasteiger partial charge is 0.191 e. The maximum Gasteiger partial charge on any atom is 0.191 e. The first-order valence-electron chi connectivity index (χ1n) is 10.2. The molecule has 2 fully saturated rings. The molecule has 1 heterocycles. The average molecular weight is 522 g/mol. The number of anilines is 1. The Morgan fingerprint density at radius 3 is 2.37 bits per heavy atom. The van der Waals surface area contributed by atoms with Crippen molar-refractivity contribution in [3.8, 4) is 11.5 Å². The van der Waals surface area contributed by atoms with Gasteiger partial charge in [-0.3, -0.25) is 4.99 Å². The van der Waals surface area contributed by atoms with Gasteiger partial charge in [0.1, 0.15) is 11.5 Å². The normalized spacial score (nSPS) is 22.8. The lowest BCUT2D eigenvalue weighted by Crippen LogP contribution is -2.45. The molecule has 4 rings (SSSR count). The van der Waals surface area contributed by atoms with E-state index in [1.807, 2.05) is 13.1 Å². The van der Waals surface area contributed by atoms with Crippen LogP contribution in [0.4, 0.5) is 5.69 Å². The second-order valence-corrected chi connectivity index (χ2v) is 7.72. The minimum absolute atomic E-state index is 0. The number of rotatable bonds is 6. The minimum atomic E-state index is 0. The molecule has 1 saturated heterocycles. The van der Waals surface area contributed by atoms with Gasteiger partial charge in [-0.15, -0.1) is 24.0 Å². The van der Waals surface area contributed by atoms with Gasteiger partial charge < -0.3 is 25.0 Å². The lowest BCUT2D eigenvalue weighted by Gasteiger charge is -2.21. The number of aliphatic imine (C=N–C) groups is 1. The third kappa shape index (κ3) is 5.30. The van der Waals surface area contributed by atoms with E-state index in [-0.39, 0.29) is 24.0 Å². The maximum atomic E-state index is 5.41. The predicted octanol–water partition coefficient (Wildman–Crippen LogP) is 3.62. The van der Waals surface area contributed by atoms with E-state index < -0.39 is 0 Å².